The van der Waals surface area contributed by atoms with Crippen molar-refractivity contribution in [1.82, 2.24) is 19.7 Å². The molecule has 0 spiro atoms. The van der Waals surface area contributed by atoms with Crippen LogP contribution in [0.1, 0.15) is 43.0 Å². The molecule has 1 aliphatic rings. The van der Waals surface area contributed by atoms with Crippen LogP contribution in [0.25, 0.3) is 5.82 Å². The van der Waals surface area contributed by atoms with Gasteiger partial charge in [-0.1, -0.05) is 24.4 Å². The van der Waals surface area contributed by atoms with Crippen molar-refractivity contribution in [3.05, 3.63) is 39.0 Å². The molecule has 21 heavy (non-hydrogen) atoms. The van der Waals surface area contributed by atoms with Gasteiger partial charge in [-0.2, -0.15) is 9.78 Å². The highest BCUT2D eigenvalue weighted by Crippen LogP contribution is 2.41. The van der Waals surface area contributed by atoms with Crippen LogP contribution in [0.4, 0.5) is 5.69 Å². The predicted molar refractivity (Wildman–Crippen MR) is 76.8 cm³/mol. The van der Waals surface area contributed by atoms with Gasteiger partial charge in [-0.05, 0) is 19.8 Å². The Kier molecular flexibility index (Phi) is 3.59. The summed E-state index contributed by atoms with van der Waals surface area (Å²) in [5.74, 6) is 0.548. The van der Waals surface area contributed by atoms with Gasteiger partial charge in [-0.15, -0.1) is 0 Å². The number of hydrogen-bond acceptors (Lipinski definition) is 5. The molecule has 0 unspecified atom stereocenters. The maximum absolute atomic E-state index is 11.3. The van der Waals surface area contributed by atoms with E-state index in [1.54, 1.807) is 6.07 Å². The van der Waals surface area contributed by atoms with E-state index in [9.17, 15) is 10.1 Å². The highest BCUT2D eigenvalue weighted by Gasteiger charge is 2.34. The van der Waals surface area contributed by atoms with Gasteiger partial charge in [0.25, 0.3) is 0 Å². The maximum Gasteiger partial charge on any atom is 0.329 e. The van der Waals surface area contributed by atoms with Crippen LogP contribution in [0.5, 0.6) is 0 Å². The van der Waals surface area contributed by atoms with Crippen LogP contribution in [0.15, 0.2) is 12.4 Å². The largest absolute Gasteiger partial charge is 0.329 e. The second-order valence-electron chi connectivity index (χ2n) is 5.19. The third-order valence-corrected chi connectivity index (χ3v) is 4.10. The van der Waals surface area contributed by atoms with Crippen molar-refractivity contribution in [3.63, 3.8) is 0 Å². The molecule has 1 aliphatic carbocycles. The third kappa shape index (κ3) is 2.49. The Labute approximate surface area is 126 Å². The Hall–Kier alpha value is -2.02. The normalized spacial score (nSPS) is 15.5. The first kappa shape index (κ1) is 13.9. The molecule has 3 rings (SSSR count). The van der Waals surface area contributed by atoms with E-state index in [0.29, 0.717) is 11.5 Å². The molecule has 8 heteroatoms. The summed E-state index contributed by atoms with van der Waals surface area (Å²) >= 11 is 6.19. The van der Waals surface area contributed by atoms with E-state index >= 15 is 0 Å². The lowest BCUT2D eigenvalue weighted by molar-refractivity contribution is -0.385. The van der Waals surface area contributed by atoms with Crippen LogP contribution >= 0.6 is 11.6 Å². The van der Waals surface area contributed by atoms with Crippen molar-refractivity contribution in [2.24, 2.45) is 0 Å². The van der Waals surface area contributed by atoms with Crippen molar-refractivity contribution >= 4 is 17.3 Å². The van der Waals surface area contributed by atoms with E-state index in [1.807, 2.05) is 6.92 Å². The Balaban J connectivity index is 2.14. The Morgan fingerprint density at radius 2 is 2.10 bits per heavy atom. The van der Waals surface area contributed by atoms with Crippen LogP contribution < -0.4 is 0 Å². The van der Waals surface area contributed by atoms with Crippen molar-refractivity contribution < 1.29 is 4.92 Å². The molecule has 2 aromatic heterocycles. The Bertz CT molecular complexity index is 694. The molecule has 110 valence electrons. The minimum atomic E-state index is -0.451. The van der Waals surface area contributed by atoms with Gasteiger partial charge in [-0.3, -0.25) is 10.1 Å². The minimum Gasteiger partial charge on any atom is -0.258 e. The van der Waals surface area contributed by atoms with Crippen LogP contribution in [0, 0.1) is 17.0 Å². The molecule has 0 bridgehead atoms. The lowest BCUT2D eigenvalue weighted by atomic mass is 10.0. The molecule has 1 saturated carbocycles. The van der Waals surface area contributed by atoms with E-state index in [-0.39, 0.29) is 16.8 Å². The zero-order valence-electron chi connectivity index (χ0n) is 11.5. The quantitative estimate of drug-likeness (QED) is 0.642. The van der Waals surface area contributed by atoms with Gasteiger partial charge in [0.2, 0.25) is 5.15 Å². The molecule has 2 aromatic rings. The van der Waals surface area contributed by atoms with Gasteiger partial charge in [0, 0.05) is 17.7 Å². The fraction of sp³-hybridized carbons (Fsp3) is 0.462. The number of aryl methyl sites for hydroxylation is 1. The first-order valence-electron chi connectivity index (χ1n) is 6.79. The first-order chi connectivity index (χ1) is 10.1. The summed E-state index contributed by atoms with van der Waals surface area (Å²) in [5, 5.41) is 15.7. The van der Waals surface area contributed by atoms with Crippen molar-refractivity contribution in [2.75, 3.05) is 0 Å². The molecule has 0 atom stereocenters. The van der Waals surface area contributed by atoms with Gasteiger partial charge in [0.15, 0.2) is 5.82 Å². The summed E-state index contributed by atoms with van der Waals surface area (Å²) in [6, 6.07) is 1.70. The van der Waals surface area contributed by atoms with E-state index in [4.69, 9.17) is 11.6 Å². The molecule has 0 aromatic carbocycles. The number of rotatable bonds is 3. The van der Waals surface area contributed by atoms with E-state index in [1.165, 1.54) is 11.0 Å². The number of hydrogen-bond donors (Lipinski definition) is 0. The van der Waals surface area contributed by atoms with Gasteiger partial charge in [0.05, 0.1) is 4.92 Å². The summed E-state index contributed by atoms with van der Waals surface area (Å²) in [4.78, 5) is 19.0. The average molecular weight is 308 g/mol. The fourth-order valence-electron chi connectivity index (χ4n) is 2.76. The van der Waals surface area contributed by atoms with Crippen molar-refractivity contribution in [2.45, 2.75) is 38.5 Å². The third-order valence-electron chi connectivity index (χ3n) is 3.76. The Morgan fingerprint density at radius 3 is 2.71 bits per heavy atom. The van der Waals surface area contributed by atoms with Crippen molar-refractivity contribution in [1.29, 1.82) is 0 Å². The van der Waals surface area contributed by atoms with E-state index < -0.39 is 4.92 Å². The lowest BCUT2D eigenvalue weighted by Crippen LogP contribution is -2.02. The highest BCUT2D eigenvalue weighted by atomic mass is 35.5. The van der Waals surface area contributed by atoms with Gasteiger partial charge >= 0.3 is 5.69 Å². The number of halogens is 1. The second-order valence-corrected chi connectivity index (χ2v) is 5.55. The molecule has 7 nitrogen and oxygen atoms in total. The predicted octanol–water partition coefficient (Wildman–Crippen LogP) is 3.19. The van der Waals surface area contributed by atoms with Gasteiger partial charge in [0.1, 0.15) is 12.0 Å². The van der Waals surface area contributed by atoms with Crippen LogP contribution in [-0.4, -0.2) is 24.7 Å². The SMILES string of the molecule is Cc1cc(-n2nc(C3CCCC3)c([N+](=O)[O-])c2Cl)ncn1. The number of nitrogens with zero attached hydrogens (tertiary/aromatic N) is 5. The van der Waals surface area contributed by atoms with Crippen LogP contribution in [0.2, 0.25) is 5.15 Å². The molecule has 0 aliphatic heterocycles. The summed E-state index contributed by atoms with van der Waals surface area (Å²) in [6.45, 7) is 1.81. The molecule has 0 amide bonds. The minimum absolute atomic E-state index is 0.000000000000000444. The highest BCUT2D eigenvalue weighted by molar-refractivity contribution is 6.32. The summed E-state index contributed by atoms with van der Waals surface area (Å²) < 4.78 is 1.34. The topological polar surface area (TPSA) is 86.7 Å². The van der Waals surface area contributed by atoms with Crippen molar-refractivity contribution in [3.8, 4) is 5.82 Å². The van der Waals surface area contributed by atoms with Crippen LogP contribution in [-0.2, 0) is 0 Å². The first-order valence-corrected chi connectivity index (χ1v) is 7.17. The number of nitro groups is 1. The summed E-state index contributed by atoms with van der Waals surface area (Å²) in [7, 11) is 0. The zero-order chi connectivity index (χ0) is 15.0. The van der Waals surface area contributed by atoms with Crippen LogP contribution in [0.3, 0.4) is 0 Å². The van der Waals surface area contributed by atoms with E-state index in [0.717, 1.165) is 31.4 Å². The average Bonchev–Trinajstić information content (AvgIpc) is 3.05. The lowest BCUT2D eigenvalue weighted by Gasteiger charge is -2.03. The molecule has 2 heterocycles. The fourth-order valence-corrected chi connectivity index (χ4v) is 3.05. The van der Waals surface area contributed by atoms with E-state index in [2.05, 4.69) is 15.1 Å². The number of aromatic nitrogens is 4. The maximum atomic E-state index is 11.3. The molecule has 1 fully saturated rings. The molecular weight excluding hydrogens is 294 g/mol. The zero-order valence-corrected chi connectivity index (χ0v) is 12.2. The monoisotopic (exact) mass is 307 g/mol. The summed E-state index contributed by atoms with van der Waals surface area (Å²) in [6.07, 6.45) is 5.36. The Morgan fingerprint density at radius 1 is 1.38 bits per heavy atom. The van der Waals surface area contributed by atoms with Gasteiger partial charge < -0.3 is 0 Å². The standard InChI is InChI=1S/C13H14ClN5O2/c1-8-6-10(16-7-15-8)18-13(14)12(19(20)21)11(17-18)9-4-2-3-5-9/h6-7,9H,2-5H2,1H3. The van der Waals surface area contributed by atoms with Gasteiger partial charge in [-0.25, -0.2) is 9.97 Å². The molecule has 0 saturated heterocycles. The summed E-state index contributed by atoms with van der Waals surface area (Å²) in [5.41, 5.74) is 1.12. The molecule has 0 N–H and O–H groups in total. The molecular formula is C13H14ClN5O2. The second kappa shape index (κ2) is 5.40. The molecule has 0 radical (unpaired) electrons. The smallest absolute Gasteiger partial charge is 0.258 e.